The fraction of sp³-hybridized carbons (Fsp3) is 0.667. The van der Waals surface area contributed by atoms with Gasteiger partial charge >= 0.3 is 8.80 Å². The second-order valence-electron chi connectivity index (χ2n) is 7.93. The normalized spacial score (nSPS) is 32.6. The minimum atomic E-state index is -2.72. The van der Waals surface area contributed by atoms with Crippen LogP contribution in [0.1, 0.15) is 32.8 Å². The van der Waals surface area contributed by atoms with Crippen molar-refractivity contribution in [3.63, 3.8) is 0 Å². The zero-order valence-electron chi connectivity index (χ0n) is 18.2. The summed E-state index contributed by atoms with van der Waals surface area (Å²) in [5.41, 5.74) is 0.931. The molecule has 3 fully saturated rings. The van der Waals surface area contributed by atoms with Crippen molar-refractivity contribution in [3.05, 3.63) is 23.8 Å². The molecule has 0 saturated carbocycles. The van der Waals surface area contributed by atoms with Crippen molar-refractivity contribution in [3.8, 4) is 11.5 Å². The Hall–Kier alpha value is -1.45. The van der Waals surface area contributed by atoms with Gasteiger partial charge < -0.3 is 22.8 Å². The second-order valence-corrected chi connectivity index (χ2v) is 10.5. The summed E-state index contributed by atoms with van der Waals surface area (Å²) in [6.07, 6.45) is 3.07. The van der Waals surface area contributed by atoms with E-state index in [1.54, 1.807) is 14.2 Å². The van der Waals surface area contributed by atoms with Gasteiger partial charge in [-0.25, -0.2) is 0 Å². The molecule has 4 rings (SSSR count). The van der Waals surface area contributed by atoms with Crippen LogP contribution >= 0.6 is 0 Å². The highest BCUT2D eigenvalue weighted by Crippen LogP contribution is 2.29. The zero-order chi connectivity index (χ0) is 20.9. The zero-order valence-corrected chi connectivity index (χ0v) is 19.2. The van der Waals surface area contributed by atoms with Crippen LogP contribution in [0, 0.1) is 0 Å². The third-order valence-electron chi connectivity index (χ3n) is 5.13. The van der Waals surface area contributed by atoms with Crippen LogP contribution in [0.15, 0.2) is 23.2 Å². The lowest BCUT2D eigenvalue weighted by atomic mass is 10.2. The number of fused-ring (bicyclic) bond motifs is 6. The van der Waals surface area contributed by atoms with Gasteiger partial charge in [0.25, 0.3) is 0 Å². The van der Waals surface area contributed by atoms with Gasteiger partial charge in [-0.05, 0) is 39.3 Å². The minimum Gasteiger partial charge on any atom is -0.497 e. The van der Waals surface area contributed by atoms with Crippen LogP contribution in [-0.2, 0) is 13.3 Å². The van der Waals surface area contributed by atoms with Crippen LogP contribution in [0.5, 0.6) is 11.5 Å². The highest BCUT2D eigenvalue weighted by molar-refractivity contribution is 6.60. The van der Waals surface area contributed by atoms with Gasteiger partial charge in [-0.1, -0.05) is 0 Å². The molecule has 2 bridgehead atoms. The topological polar surface area (TPSA) is 61.8 Å². The van der Waals surface area contributed by atoms with Crippen LogP contribution in [0.3, 0.4) is 0 Å². The van der Waals surface area contributed by atoms with Crippen molar-refractivity contribution in [2.24, 2.45) is 4.99 Å². The predicted molar refractivity (Wildman–Crippen MR) is 115 cm³/mol. The van der Waals surface area contributed by atoms with E-state index in [9.17, 15) is 0 Å². The van der Waals surface area contributed by atoms with Crippen LogP contribution in [0.4, 0.5) is 0 Å². The molecule has 0 aliphatic carbocycles. The molecule has 0 N–H and O–H groups in total. The lowest BCUT2D eigenvalue weighted by Crippen LogP contribution is -2.61. The van der Waals surface area contributed by atoms with E-state index < -0.39 is 8.80 Å². The molecule has 3 heterocycles. The van der Waals surface area contributed by atoms with Gasteiger partial charge in [0.15, 0.2) is 0 Å². The first-order chi connectivity index (χ1) is 13.9. The summed E-state index contributed by atoms with van der Waals surface area (Å²) in [5, 5.41) is 0. The Morgan fingerprint density at radius 1 is 1.03 bits per heavy atom. The molecular weight excluding hydrogens is 388 g/mol. The first-order valence-electron chi connectivity index (χ1n) is 10.4. The first kappa shape index (κ1) is 22.2. The summed E-state index contributed by atoms with van der Waals surface area (Å²) < 4.78 is 29.8. The van der Waals surface area contributed by atoms with Gasteiger partial charge in [-0.15, -0.1) is 0 Å². The van der Waals surface area contributed by atoms with Crippen molar-refractivity contribution >= 4 is 15.0 Å². The Morgan fingerprint density at radius 3 is 2.21 bits per heavy atom. The molecule has 3 saturated heterocycles. The van der Waals surface area contributed by atoms with E-state index in [4.69, 9.17) is 22.8 Å². The minimum absolute atomic E-state index is 0.119. The summed E-state index contributed by atoms with van der Waals surface area (Å²) >= 11 is 0. The van der Waals surface area contributed by atoms with Crippen molar-refractivity contribution in [2.75, 3.05) is 40.4 Å². The molecule has 3 atom stereocenters. The average molecular weight is 423 g/mol. The third kappa shape index (κ3) is 6.02. The van der Waals surface area contributed by atoms with Gasteiger partial charge in [0.1, 0.15) is 11.5 Å². The lowest BCUT2D eigenvalue weighted by Gasteiger charge is -2.45. The molecular formula is C21H34N2O5Si. The van der Waals surface area contributed by atoms with Crippen molar-refractivity contribution in [2.45, 2.75) is 51.5 Å². The molecule has 3 unspecified atom stereocenters. The third-order valence-corrected chi connectivity index (χ3v) is 8.38. The van der Waals surface area contributed by atoms with Crippen LogP contribution in [0.2, 0.25) is 6.04 Å². The summed E-state index contributed by atoms with van der Waals surface area (Å²) in [6.45, 7) is 9.83. The van der Waals surface area contributed by atoms with Crippen molar-refractivity contribution in [1.82, 2.24) is 4.90 Å². The van der Waals surface area contributed by atoms with E-state index in [-0.39, 0.29) is 18.3 Å². The highest BCUT2D eigenvalue weighted by Gasteiger charge is 2.48. The Balaban J connectivity index is 1.61. The average Bonchev–Trinajstić information content (AvgIpc) is 2.65. The molecule has 1 aromatic carbocycles. The standard InChI is InChI=1S/C21H34N2O5Si/c1-16-13-23-14-17(2)27-29(26-16,28-18(3)15-23)10-6-9-22-12-19-7-8-20(24-4)11-21(19)25-5/h7-8,11-12,16-18H,6,9-10,13-15H2,1-5H3. The SMILES string of the molecule is COc1ccc(C=NCCC[Si]23OC(C)CN(CC(C)O2)CC(C)O3)c(OC)c1. The lowest BCUT2D eigenvalue weighted by molar-refractivity contribution is -0.0790. The van der Waals surface area contributed by atoms with Crippen LogP contribution in [0.25, 0.3) is 0 Å². The number of aliphatic imine (C=N–C) groups is 1. The number of ether oxygens (including phenoxy) is 2. The van der Waals surface area contributed by atoms with Crippen LogP contribution < -0.4 is 9.47 Å². The number of hydrogen-bond donors (Lipinski definition) is 0. The molecule has 8 heteroatoms. The van der Waals surface area contributed by atoms with Crippen LogP contribution in [-0.4, -0.2) is 78.6 Å². The summed E-state index contributed by atoms with van der Waals surface area (Å²) in [6, 6.07) is 6.49. The Kier molecular flexibility index (Phi) is 7.70. The summed E-state index contributed by atoms with van der Waals surface area (Å²) in [5.74, 6) is 1.51. The fourth-order valence-corrected chi connectivity index (χ4v) is 7.25. The molecule has 0 radical (unpaired) electrons. The molecule has 0 amide bonds. The Labute approximate surface area is 175 Å². The number of rotatable bonds is 7. The molecule has 1 aromatic rings. The number of hydrogen-bond acceptors (Lipinski definition) is 7. The van der Waals surface area contributed by atoms with E-state index in [1.807, 2.05) is 24.4 Å². The molecule has 0 aromatic heterocycles. The number of methoxy groups -OCH3 is 2. The monoisotopic (exact) mass is 422 g/mol. The molecule has 7 nitrogen and oxygen atoms in total. The molecule has 3 aliphatic rings. The first-order valence-corrected chi connectivity index (χ1v) is 12.3. The van der Waals surface area contributed by atoms with Gasteiger partial charge in [0.2, 0.25) is 0 Å². The maximum absolute atomic E-state index is 6.38. The largest absolute Gasteiger partial charge is 0.501 e. The van der Waals surface area contributed by atoms with Gasteiger partial charge in [-0.2, -0.15) is 0 Å². The van der Waals surface area contributed by atoms with Gasteiger partial charge in [0, 0.05) is 50.1 Å². The van der Waals surface area contributed by atoms with Gasteiger partial charge in [0.05, 0.1) is 32.5 Å². The maximum atomic E-state index is 6.38. The Bertz CT molecular complexity index is 666. The van der Waals surface area contributed by atoms with E-state index in [0.29, 0.717) is 6.54 Å². The smallest absolute Gasteiger partial charge is 0.497 e. The molecule has 162 valence electrons. The van der Waals surface area contributed by atoms with E-state index >= 15 is 0 Å². The molecule has 3 aliphatic heterocycles. The fourth-order valence-electron chi connectivity index (χ4n) is 4.08. The predicted octanol–water partition coefficient (Wildman–Crippen LogP) is 3.00. The van der Waals surface area contributed by atoms with E-state index in [0.717, 1.165) is 49.2 Å². The quantitative estimate of drug-likeness (QED) is 0.382. The molecule has 0 spiro atoms. The Morgan fingerprint density at radius 2 is 1.66 bits per heavy atom. The highest BCUT2D eigenvalue weighted by atomic mass is 28.4. The molecule has 29 heavy (non-hydrogen) atoms. The number of benzene rings is 1. The van der Waals surface area contributed by atoms with Crippen molar-refractivity contribution < 1.29 is 22.8 Å². The summed E-state index contributed by atoms with van der Waals surface area (Å²) in [7, 11) is 0.574. The second kappa shape index (κ2) is 10.0. The van der Waals surface area contributed by atoms with Crippen molar-refractivity contribution in [1.29, 1.82) is 0 Å². The summed E-state index contributed by atoms with van der Waals surface area (Å²) in [4.78, 5) is 6.97. The van der Waals surface area contributed by atoms with E-state index in [1.165, 1.54) is 0 Å². The van der Waals surface area contributed by atoms with Gasteiger partial charge in [-0.3, -0.25) is 9.89 Å². The van der Waals surface area contributed by atoms with E-state index in [2.05, 4.69) is 30.7 Å². The number of nitrogens with zero attached hydrogens (tertiary/aromatic N) is 2. The maximum Gasteiger partial charge on any atom is 0.501 e.